The number of carbonyl (C=O) groups excluding carboxylic acids is 2. The van der Waals surface area contributed by atoms with Gasteiger partial charge in [0.15, 0.2) is 0 Å². The molecular formula is C22H34N6O7S3. The first kappa shape index (κ1) is 30.3. The minimum Gasteiger partial charge on any atom is -0.385 e. The largest absolute Gasteiger partial charge is 0.385 e. The van der Waals surface area contributed by atoms with Crippen LogP contribution in [0.3, 0.4) is 0 Å². The van der Waals surface area contributed by atoms with Crippen LogP contribution in [0.5, 0.6) is 0 Å². The number of methoxy groups -OCH3 is 1. The molecule has 1 aliphatic rings. The highest BCUT2D eigenvalue weighted by molar-refractivity contribution is 7.94. The second kappa shape index (κ2) is 12.3. The lowest BCUT2D eigenvalue weighted by atomic mass is 9.92. The lowest BCUT2D eigenvalue weighted by Gasteiger charge is -2.39. The first-order chi connectivity index (χ1) is 17.8. The van der Waals surface area contributed by atoms with Gasteiger partial charge in [0.2, 0.25) is 15.9 Å². The molecule has 16 heteroatoms. The molecule has 1 amide bonds. The summed E-state index contributed by atoms with van der Waals surface area (Å²) in [5, 5.41) is 5.33. The summed E-state index contributed by atoms with van der Waals surface area (Å²) in [6.45, 7) is 3.82. The monoisotopic (exact) mass is 590 g/mol. The van der Waals surface area contributed by atoms with Crippen molar-refractivity contribution in [3.8, 4) is 0 Å². The fourth-order valence-corrected chi connectivity index (χ4v) is 8.70. The summed E-state index contributed by atoms with van der Waals surface area (Å²) < 4.78 is 56.9. The van der Waals surface area contributed by atoms with Gasteiger partial charge in [-0.2, -0.15) is 4.31 Å². The molecule has 2 unspecified atom stereocenters. The van der Waals surface area contributed by atoms with Crippen LogP contribution in [-0.2, 0) is 40.8 Å². The fraction of sp³-hybridized carbons (Fsp3) is 0.591. The van der Waals surface area contributed by atoms with Gasteiger partial charge in [-0.3, -0.25) is 9.59 Å². The predicted molar refractivity (Wildman–Crippen MR) is 140 cm³/mol. The third-order valence-electron chi connectivity index (χ3n) is 6.37. The van der Waals surface area contributed by atoms with Gasteiger partial charge in [0.1, 0.15) is 14.2 Å². The molecule has 2 aromatic rings. The van der Waals surface area contributed by atoms with E-state index in [4.69, 9.17) is 15.6 Å². The Morgan fingerprint density at radius 2 is 2.11 bits per heavy atom. The van der Waals surface area contributed by atoms with Crippen LogP contribution in [0.1, 0.15) is 44.0 Å². The number of primary sulfonamides is 1. The molecule has 5 N–H and O–H groups in total. The summed E-state index contributed by atoms with van der Waals surface area (Å²) in [4.78, 5) is 35.0. The number of aromatic amines is 1. The predicted octanol–water partition coefficient (Wildman–Crippen LogP) is 0.214. The van der Waals surface area contributed by atoms with Gasteiger partial charge in [-0.1, -0.05) is 0 Å². The van der Waals surface area contributed by atoms with Crippen molar-refractivity contribution in [2.45, 2.75) is 53.6 Å². The first-order valence-corrected chi connectivity index (χ1v) is 15.8. The number of amides is 1. The van der Waals surface area contributed by atoms with Crippen molar-refractivity contribution in [3.63, 3.8) is 0 Å². The lowest BCUT2D eigenvalue weighted by molar-refractivity contribution is -0.140. The van der Waals surface area contributed by atoms with Gasteiger partial charge in [0, 0.05) is 63.6 Å². The molecule has 0 saturated carbocycles. The summed E-state index contributed by atoms with van der Waals surface area (Å²) in [7, 11) is -6.73. The van der Waals surface area contributed by atoms with E-state index in [0.29, 0.717) is 30.1 Å². The van der Waals surface area contributed by atoms with Crippen molar-refractivity contribution in [2.75, 3.05) is 33.4 Å². The molecule has 212 valence electrons. The molecule has 1 aliphatic heterocycles. The Hall–Kier alpha value is -2.21. The zero-order valence-electron chi connectivity index (χ0n) is 21.5. The van der Waals surface area contributed by atoms with E-state index in [1.54, 1.807) is 20.0 Å². The minimum atomic E-state index is -4.20. The van der Waals surface area contributed by atoms with Crippen LogP contribution in [0.15, 0.2) is 27.0 Å². The van der Waals surface area contributed by atoms with Crippen LogP contribution in [0.2, 0.25) is 0 Å². The molecule has 3 atom stereocenters. The number of rotatable bonds is 13. The third-order valence-corrected chi connectivity index (χ3v) is 11.3. The first-order valence-electron chi connectivity index (χ1n) is 12.0. The molecule has 13 nitrogen and oxygen atoms in total. The van der Waals surface area contributed by atoms with Crippen molar-refractivity contribution < 1.29 is 31.2 Å². The standard InChI is InChI=1S/C22H34N6O7S3/c1-4-28(21(30)15(9-19(29)14(2)23)8-16-11-25-13-26-16)18-12-27(6-5-7-35-3)38(33,34)22-17(18)10-20(36-22)37(24,31)32/h10-11,13-15,18H,4-9,12,23H2,1-3H3,(H,25,26)(H2,24,31,32)/t14?,15?,18-/m0/s1. The van der Waals surface area contributed by atoms with Crippen molar-refractivity contribution in [1.29, 1.82) is 0 Å². The second-order valence-electron chi connectivity index (χ2n) is 9.14. The molecule has 0 aromatic carbocycles. The zero-order chi connectivity index (χ0) is 28.3. The molecule has 38 heavy (non-hydrogen) atoms. The molecule has 0 bridgehead atoms. The van der Waals surface area contributed by atoms with E-state index < -0.39 is 38.0 Å². The number of nitrogens with zero attached hydrogens (tertiary/aromatic N) is 3. The lowest BCUT2D eigenvalue weighted by Crippen LogP contribution is -2.49. The van der Waals surface area contributed by atoms with Crippen LogP contribution in [0.25, 0.3) is 0 Å². The van der Waals surface area contributed by atoms with Gasteiger partial charge < -0.3 is 20.4 Å². The number of nitrogens with two attached hydrogens (primary N) is 2. The second-order valence-corrected chi connectivity index (χ2v) is 14.1. The average molecular weight is 591 g/mol. The number of likely N-dealkylation sites (N-methyl/N-ethyl adjacent to an activating group) is 1. The van der Waals surface area contributed by atoms with Gasteiger partial charge in [-0.25, -0.2) is 27.0 Å². The van der Waals surface area contributed by atoms with Gasteiger partial charge in [0.05, 0.1) is 24.3 Å². The minimum absolute atomic E-state index is 0.0859. The molecule has 0 saturated heterocycles. The summed E-state index contributed by atoms with van der Waals surface area (Å²) in [5.74, 6) is -1.47. The summed E-state index contributed by atoms with van der Waals surface area (Å²) in [5.41, 5.74) is 6.62. The third kappa shape index (κ3) is 6.67. The number of thiophene rings is 1. The van der Waals surface area contributed by atoms with Gasteiger partial charge >= 0.3 is 0 Å². The SMILES string of the molecule is CCN(C(=O)C(CC(=O)C(C)N)Cc1cnc[nH]1)[C@H]1CN(CCCOC)S(=O)(=O)c2sc(S(N)(=O)=O)cc21. The van der Waals surface area contributed by atoms with E-state index in [9.17, 15) is 26.4 Å². The fourth-order valence-electron chi connectivity index (χ4n) is 4.41. The highest BCUT2D eigenvalue weighted by atomic mass is 32.3. The average Bonchev–Trinajstić information content (AvgIpc) is 3.52. The van der Waals surface area contributed by atoms with Crippen LogP contribution >= 0.6 is 11.3 Å². The number of fused-ring (bicyclic) bond motifs is 1. The number of imidazole rings is 1. The Balaban J connectivity index is 2.06. The van der Waals surface area contributed by atoms with Crippen molar-refractivity contribution in [2.24, 2.45) is 16.8 Å². The molecule has 0 spiro atoms. The van der Waals surface area contributed by atoms with E-state index in [0.717, 1.165) is 0 Å². The smallest absolute Gasteiger partial charge is 0.253 e. The highest BCUT2D eigenvalue weighted by Crippen LogP contribution is 2.42. The van der Waals surface area contributed by atoms with Crippen LogP contribution < -0.4 is 10.9 Å². The van der Waals surface area contributed by atoms with Crippen LogP contribution in [-0.4, -0.2) is 87.1 Å². The molecule has 0 radical (unpaired) electrons. The van der Waals surface area contributed by atoms with Gasteiger partial charge in [-0.15, -0.1) is 11.3 Å². The Bertz CT molecular complexity index is 1340. The highest BCUT2D eigenvalue weighted by Gasteiger charge is 2.44. The van der Waals surface area contributed by atoms with Crippen molar-refractivity contribution >= 4 is 43.1 Å². The molecule has 3 rings (SSSR count). The van der Waals surface area contributed by atoms with E-state index in [1.165, 1.54) is 28.7 Å². The number of hydrogen-bond donors (Lipinski definition) is 3. The number of hydrogen-bond acceptors (Lipinski definition) is 10. The summed E-state index contributed by atoms with van der Waals surface area (Å²) in [6, 6.07) is -0.328. The molecule has 0 aliphatic carbocycles. The van der Waals surface area contributed by atoms with E-state index in [1.807, 2.05) is 0 Å². The molecule has 3 heterocycles. The maximum absolute atomic E-state index is 14.0. The van der Waals surface area contributed by atoms with Crippen molar-refractivity contribution in [1.82, 2.24) is 19.2 Å². The quantitative estimate of drug-likeness (QED) is 0.273. The number of ketones is 1. The number of aromatic nitrogens is 2. The normalized spacial score (nSPS) is 19.0. The Labute approximate surface area is 226 Å². The Kier molecular flexibility index (Phi) is 9.83. The molecule has 0 fully saturated rings. The molecular weight excluding hydrogens is 556 g/mol. The number of Topliss-reactive ketones (excluding diaryl/α,β-unsaturated/α-hetero) is 1. The maximum Gasteiger partial charge on any atom is 0.253 e. The maximum atomic E-state index is 14.0. The van der Waals surface area contributed by atoms with Gasteiger partial charge in [-0.05, 0) is 26.3 Å². The molecule has 2 aromatic heterocycles. The zero-order valence-corrected chi connectivity index (χ0v) is 23.9. The van der Waals surface area contributed by atoms with Gasteiger partial charge in [0.25, 0.3) is 10.0 Å². The van der Waals surface area contributed by atoms with Crippen LogP contribution in [0, 0.1) is 5.92 Å². The Morgan fingerprint density at radius 3 is 2.66 bits per heavy atom. The number of nitrogens with one attached hydrogen (secondary N) is 1. The van der Waals surface area contributed by atoms with E-state index in [2.05, 4.69) is 9.97 Å². The number of ether oxygens (including phenoxy) is 1. The topological polar surface area (TPSA) is 199 Å². The number of H-pyrrole nitrogens is 1. The van der Waals surface area contributed by atoms with Crippen molar-refractivity contribution in [3.05, 3.63) is 29.8 Å². The Morgan fingerprint density at radius 1 is 1.39 bits per heavy atom. The van der Waals surface area contributed by atoms with Crippen LogP contribution in [0.4, 0.5) is 0 Å². The summed E-state index contributed by atoms with van der Waals surface area (Å²) >= 11 is 0.567. The van der Waals surface area contributed by atoms with E-state index in [-0.39, 0.29) is 58.1 Å². The van der Waals surface area contributed by atoms with E-state index >= 15 is 0 Å². The summed E-state index contributed by atoms with van der Waals surface area (Å²) in [6.07, 6.45) is 3.50. The number of sulfonamides is 2. The number of carbonyl (C=O) groups is 2.